The Labute approximate surface area is 114 Å². The lowest BCUT2D eigenvalue weighted by atomic mass is 10.2. The maximum absolute atomic E-state index is 11.9. The van der Waals surface area contributed by atoms with Gasteiger partial charge in [0, 0.05) is 0 Å². The third-order valence-corrected chi connectivity index (χ3v) is 11.4. The van der Waals surface area contributed by atoms with Crippen molar-refractivity contribution in [1.82, 2.24) is 0 Å². The molecule has 0 bridgehead atoms. The SMILES string of the molecule is COC(=O)C(C(=O)OC)P(=S)(C(C)C)C(C)(C)C. The van der Waals surface area contributed by atoms with E-state index < -0.39 is 23.6 Å². The van der Waals surface area contributed by atoms with E-state index in [1.165, 1.54) is 14.2 Å². The lowest BCUT2D eigenvalue weighted by Crippen LogP contribution is -2.40. The number of carbonyl (C=O) groups is 2. The highest BCUT2D eigenvalue weighted by Crippen LogP contribution is 2.65. The molecule has 0 fully saturated rings. The van der Waals surface area contributed by atoms with Crippen molar-refractivity contribution in [3.63, 3.8) is 0 Å². The van der Waals surface area contributed by atoms with E-state index in [-0.39, 0.29) is 10.8 Å². The number of ether oxygens (including phenoxy) is 2. The van der Waals surface area contributed by atoms with Crippen molar-refractivity contribution in [2.24, 2.45) is 0 Å². The molecule has 0 rings (SSSR count). The molecule has 0 saturated carbocycles. The topological polar surface area (TPSA) is 52.6 Å². The Morgan fingerprint density at radius 2 is 1.39 bits per heavy atom. The number of hydrogen-bond acceptors (Lipinski definition) is 5. The minimum Gasteiger partial charge on any atom is -0.468 e. The molecule has 106 valence electrons. The average Bonchev–Trinajstić information content (AvgIpc) is 2.26. The van der Waals surface area contributed by atoms with Crippen LogP contribution in [0.4, 0.5) is 0 Å². The molecule has 0 aromatic carbocycles. The van der Waals surface area contributed by atoms with Crippen LogP contribution in [-0.2, 0) is 30.9 Å². The van der Waals surface area contributed by atoms with E-state index in [1.807, 2.05) is 34.6 Å². The van der Waals surface area contributed by atoms with E-state index in [4.69, 9.17) is 21.3 Å². The van der Waals surface area contributed by atoms with E-state index in [1.54, 1.807) is 0 Å². The molecule has 0 spiro atoms. The molecule has 0 heterocycles. The van der Waals surface area contributed by atoms with Gasteiger partial charge in [-0.2, -0.15) is 0 Å². The van der Waals surface area contributed by atoms with Crippen LogP contribution in [0.5, 0.6) is 0 Å². The maximum Gasteiger partial charge on any atom is 0.325 e. The first kappa shape index (κ1) is 17.6. The van der Waals surface area contributed by atoms with Crippen molar-refractivity contribution < 1.29 is 19.1 Å². The zero-order valence-corrected chi connectivity index (χ0v) is 13.9. The van der Waals surface area contributed by atoms with Gasteiger partial charge >= 0.3 is 11.9 Å². The van der Waals surface area contributed by atoms with Crippen LogP contribution in [0.25, 0.3) is 0 Å². The molecule has 1 unspecified atom stereocenters. The normalized spacial score (nSPS) is 15.4. The van der Waals surface area contributed by atoms with Crippen LogP contribution >= 0.6 is 6.04 Å². The molecule has 18 heavy (non-hydrogen) atoms. The second-order valence-corrected chi connectivity index (χ2v) is 11.5. The molecule has 6 heteroatoms. The number of hydrogen-bond donors (Lipinski definition) is 0. The molecule has 0 aliphatic carbocycles. The third-order valence-electron chi connectivity index (χ3n) is 3.05. The number of carbonyl (C=O) groups excluding carboxylic acids is 2. The lowest BCUT2D eigenvalue weighted by Gasteiger charge is -2.41. The summed E-state index contributed by atoms with van der Waals surface area (Å²) in [6.45, 7) is 9.79. The zero-order valence-electron chi connectivity index (χ0n) is 12.1. The molecule has 0 aromatic heterocycles. The maximum atomic E-state index is 11.9. The summed E-state index contributed by atoms with van der Waals surface area (Å²) in [4.78, 5) is 23.9. The Kier molecular flexibility index (Phi) is 6.02. The standard InChI is InChI=1S/C12H23O4PS/c1-8(2)17(18,12(3,4)5)9(10(13)15-6)11(14)16-7/h8-9H,1-7H3. The smallest absolute Gasteiger partial charge is 0.325 e. The molecular weight excluding hydrogens is 271 g/mol. The quantitative estimate of drug-likeness (QED) is 0.453. The van der Waals surface area contributed by atoms with E-state index in [2.05, 4.69) is 0 Å². The highest BCUT2D eigenvalue weighted by Gasteiger charge is 2.50. The second-order valence-electron chi connectivity index (χ2n) is 5.42. The fraction of sp³-hybridized carbons (Fsp3) is 0.833. The van der Waals surface area contributed by atoms with Gasteiger partial charge < -0.3 is 9.47 Å². The Bertz CT molecular complexity index is 355. The summed E-state index contributed by atoms with van der Waals surface area (Å²) >= 11 is 5.78. The first-order valence-electron chi connectivity index (χ1n) is 5.79. The van der Waals surface area contributed by atoms with Gasteiger partial charge in [0.25, 0.3) is 0 Å². The van der Waals surface area contributed by atoms with Gasteiger partial charge in [-0.3, -0.25) is 9.59 Å². The van der Waals surface area contributed by atoms with Gasteiger partial charge in [0.1, 0.15) is 0 Å². The zero-order chi connectivity index (χ0) is 14.7. The predicted molar refractivity (Wildman–Crippen MR) is 77.0 cm³/mol. The summed E-state index contributed by atoms with van der Waals surface area (Å²) in [5.74, 6) is -1.18. The summed E-state index contributed by atoms with van der Waals surface area (Å²) in [5, 5.41) is -0.316. The molecular formula is C12H23O4PS. The molecule has 0 aromatic rings. The Morgan fingerprint density at radius 3 is 1.56 bits per heavy atom. The number of esters is 2. The van der Waals surface area contributed by atoms with Crippen molar-refractivity contribution in [1.29, 1.82) is 0 Å². The summed E-state index contributed by atoms with van der Waals surface area (Å²) < 4.78 is 9.50. The van der Waals surface area contributed by atoms with Crippen LogP contribution in [0.2, 0.25) is 0 Å². The van der Waals surface area contributed by atoms with Crippen molar-refractivity contribution in [3.8, 4) is 0 Å². The van der Waals surface area contributed by atoms with Crippen LogP contribution in [0, 0.1) is 0 Å². The summed E-state index contributed by atoms with van der Waals surface area (Å²) in [5.41, 5.74) is -0.932. The second kappa shape index (κ2) is 6.16. The van der Waals surface area contributed by atoms with Gasteiger partial charge in [-0.1, -0.05) is 46.4 Å². The molecule has 0 aliphatic rings. The third kappa shape index (κ3) is 3.12. The van der Waals surface area contributed by atoms with Gasteiger partial charge in [0.15, 0.2) is 5.66 Å². The fourth-order valence-electron chi connectivity index (χ4n) is 2.09. The average molecular weight is 294 g/mol. The van der Waals surface area contributed by atoms with Crippen LogP contribution in [0.1, 0.15) is 34.6 Å². The number of methoxy groups -OCH3 is 2. The van der Waals surface area contributed by atoms with Crippen LogP contribution in [0.15, 0.2) is 0 Å². The summed E-state index contributed by atoms with van der Waals surface area (Å²) in [6, 6.07) is -2.35. The van der Waals surface area contributed by atoms with Crippen LogP contribution in [-0.4, -0.2) is 42.6 Å². The highest BCUT2D eigenvalue weighted by molar-refractivity contribution is 8.16. The summed E-state index contributed by atoms with van der Waals surface area (Å²) in [7, 11) is 2.53. The van der Waals surface area contributed by atoms with Gasteiger partial charge in [-0.25, -0.2) is 0 Å². The largest absolute Gasteiger partial charge is 0.468 e. The molecule has 0 saturated heterocycles. The van der Waals surface area contributed by atoms with E-state index in [0.717, 1.165) is 0 Å². The Balaban J connectivity index is 5.90. The first-order chi connectivity index (χ1) is 8.03. The minimum atomic E-state index is -2.35. The van der Waals surface area contributed by atoms with E-state index in [9.17, 15) is 9.59 Å². The van der Waals surface area contributed by atoms with E-state index in [0.29, 0.717) is 0 Å². The van der Waals surface area contributed by atoms with Crippen molar-refractivity contribution >= 4 is 29.8 Å². The summed E-state index contributed by atoms with van der Waals surface area (Å²) in [6.07, 6.45) is 0. The van der Waals surface area contributed by atoms with Gasteiger partial charge in [0.05, 0.1) is 14.2 Å². The molecule has 1 atom stereocenters. The molecule has 0 aliphatic heterocycles. The minimum absolute atomic E-state index is 0.0516. The van der Waals surface area contributed by atoms with Crippen LogP contribution < -0.4 is 0 Å². The van der Waals surface area contributed by atoms with E-state index >= 15 is 0 Å². The molecule has 4 nitrogen and oxygen atoms in total. The van der Waals surface area contributed by atoms with Crippen LogP contribution in [0.3, 0.4) is 0 Å². The highest BCUT2D eigenvalue weighted by atomic mass is 32.4. The monoisotopic (exact) mass is 294 g/mol. The first-order valence-corrected chi connectivity index (χ1v) is 8.73. The molecule has 0 radical (unpaired) electrons. The molecule has 0 N–H and O–H groups in total. The Hall–Kier alpha value is -0.410. The fourth-order valence-corrected chi connectivity index (χ4v) is 6.37. The van der Waals surface area contributed by atoms with Gasteiger partial charge in [-0.15, -0.1) is 0 Å². The van der Waals surface area contributed by atoms with Crippen molar-refractivity contribution in [3.05, 3.63) is 0 Å². The predicted octanol–water partition coefficient (Wildman–Crippen LogP) is 2.39. The Morgan fingerprint density at radius 1 is 1.06 bits per heavy atom. The van der Waals surface area contributed by atoms with Gasteiger partial charge in [0.2, 0.25) is 0 Å². The van der Waals surface area contributed by atoms with Crippen molar-refractivity contribution in [2.45, 2.75) is 51.1 Å². The molecule has 0 amide bonds. The van der Waals surface area contributed by atoms with Crippen molar-refractivity contribution in [2.75, 3.05) is 14.2 Å². The van der Waals surface area contributed by atoms with Gasteiger partial charge in [-0.05, 0) is 16.9 Å². The lowest BCUT2D eigenvalue weighted by molar-refractivity contribution is -0.150. The number of rotatable bonds is 4.